The molecule has 0 fully saturated rings. The van der Waals surface area contributed by atoms with Crippen molar-refractivity contribution in [2.75, 3.05) is 12.3 Å². The number of carbonyl (C=O) groups excluding carboxylic acids is 1. The summed E-state index contributed by atoms with van der Waals surface area (Å²) in [7, 11) is 0. The Morgan fingerprint density at radius 2 is 2.37 bits per heavy atom. The number of H-pyrrole nitrogens is 1. The van der Waals surface area contributed by atoms with Gasteiger partial charge < -0.3 is 15.6 Å². The minimum atomic E-state index is -0.110. The van der Waals surface area contributed by atoms with Gasteiger partial charge in [-0.25, -0.2) is 0 Å². The van der Waals surface area contributed by atoms with Gasteiger partial charge in [0, 0.05) is 23.3 Å². The zero-order valence-electron chi connectivity index (χ0n) is 10.2. The van der Waals surface area contributed by atoms with Gasteiger partial charge in [-0.05, 0) is 18.2 Å². The number of hydrogen-bond donors (Lipinski definition) is 2. The summed E-state index contributed by atoms with van der Waals surface area (Å²) < 4.78 is 0.713. The Balaban J connectivity index is 2.15. The molecule has 0 aliphatic heterocycles. The largest absolute Gasteiger partial charge is 0.397 e. The van der Waals surface area contributed by atoms with Gasteiger partial charge in [0.1, 0.15) is 5.69 Å². The first-order chi connectivity index (χ1) is 9.10. The number of anilines is 1. The molecule has 0 aliphatic carbocycles. The summed E-state index contributed by atoms with van der Waals surface area (Å²) in [5.41, 5.74) is 6.63. The molecule has 0 radical (unpaired) electrons. The summed E-state index contributed by atoms with van der Waals surface area (Å²) in [6.07, 6.45) is 3.29. The molecule has 0 aromatic carbocycles. The third-order valence-electron chi connectivity index (χ3n) is 2.55. The fourth-order valence-corrected chi connectivity index (χ4v) is 2.81. The fraction of sp³-hybridized carbons (Fsp3) is 0.154. The molecule has 0 bridgehead atoms. The van der Waals surface area contributed by atoms with Crippen LogP contribution < -0.4 is 5.73 Å². The molecule has 0 atom stereocenters. The highest BCUT2D eigenvalue weighted by Crippen LogP contribution is 2.23. The smallest absolute Gasteiger partial charge is 0.270 e. The van der Waals surface area contributed by atoms with E-state index in [9.17, 15) is 4.79 Å². The highest BCUT2D eigenvalue weighted by Gasteiger charge is 2.17. The number of thiophene rings is 1. The van der Waals surface area contributed by atoms with Crippen molar-refractivity contribution < 1.29 is 4.79 Å². The van der Waals surface area contributed by atoms with Crippen molar-refractivity contribution in [2.24, 2.45) is 0 Å². The SMILES string of the molecule is C=CCN(Cc1ccc(Cl)s1)C(=O)c1cc(N)c[nH]1. The predicted octanol–water partition coefficient (Wildman–Crippen LogP) is 3.14. The molecule has 0 saturated heterocycles. The molecule has 2 heterocycles. The number of halogens is 1. The van der Waals surface area contributed by atoms with E-state index in [1.54, 1.807) is 23.2 Å². The van der Waals surface area contributed by atoms with E-state index in [4.69, 9.17) is 17.3 Å². The lowest BCUT2D eigenvalue weighted by atomic mass is 10.3. The van der Waals surface area contributed by atoms with Gasteiger partial charge in [0.25, 0.3) is 5.91 Å². The maximum absolute atomic E-state index is 12.3. The van der Waals surface area contributed by atoms with Gasteiger partial charge in [0.05, 0.1) is 10.9 Å². The van der Waals surface area contributed by atoms with E-state index in [0.717, 1.165) is 4.88 Å². The lowest BCUT2D eigenvalue weighted by Crippen LogP contribution is -2.30. The third kappa shape index (κ3) is 3.39. The number of aromatic amines is 1. The highest BCUT2D eigenvalue weighted by atomic mass is 35.5. The molecule has 2 aromatic rings. The molecule has 2 rings (SSSR count). The van der Waals surface area contributed by atoms with Crippen molar-refractivity contribution in [3.05, 3.63) is 52.0 Å². The summed E-state index contributed by atoms with van der Waals surface area (Å²) in [4.78, 5) is 17.9. The van der Waals surface area contributed by atoms with Crippen molar-refractivity contribution in [2.45, 2.75) is 6.54 Å². The first-order valence-corrected chi connectivity index (χ1v) is 6.88. The number of rotatable bonds is 5. The zero-order valence-corrected chi connectivity index (χ0v) is 11.8. The van der Waals surface area contributed by atoms with Gasteiger partial charge in [-0.1, -0.05) is 17.7 Å². The van der Waals surface area contributed by atoms with Crippen LogP contribution in [0.2, 0.25) is 4.34 Å². The van der Waals surface area contributed by atoms with Crippen LogP contribution in [0.4, 0.5) is 5.69 Å². The van der Waals surface area contributed by atoms with Gasteiger partial charge in [0.2, 0.25) is 0 Å². The van der Waals surface area contributed by atoms with E-state index in [1.807, 2.05) is 12.1 Å². The highest BCUT2D eigenvalue weighted by molar-refractivity contribution is 7.16. The van der Waals surface area contributed by atoms with Crippen LogP contribution in [-0.4, -0.2) is 22.3 Å². The van der Waals surface area contributed by atoms with Crippen LogP contribution in [0.1, 0.15) is 15.4 Å². The number of nitrogens with one attached hydrogen (secondary N) is 1. The van der Waals surface area contributed by atoms with Crippen molar-refractivity contribution in [3.63, 3.8) is 0 Å². The van der Waals surface area contributed by atoms with Crippen molar-refractivity contribution in [3.8, 4) is 0 Å². The maximum atomic E-state index is 12.3. The van der Waals surface area contributed by atoms with Crippen LogP contribution in [0.5, 0.6) is 0 Å². The second-order valence-corrected chi connectivity index (χ2v) is 5.83. The van der Waals surface area contributed by atoms with Gasteiger partial charge in [-0.2, -0.15) is 0 Å². The number of carbonyl (C=O) groups is 1. The number of aromatic nitrogens is 1. The molecule has 0 aliphatic rings. The summed E-state index contributed by atoms with van der Waals surface area (Å²) in [5, 5.41) is 0. The molecule has 1 amide bonds. The van der Waals surface area contributed by atoms with E-state index >= 15 is 0 Å². The molecule has 6 heteroatoms. The number of amides is 1. The predicted molar refractivity (Wildman–Crippen MR) is 79.5 cm³/mol. The van der Waals surface area contributed by atoms with Crippen LogP contribution in [-0.2, 0) is 6.54 Å². The van der Waals surface area contributed by atoms with Crippen LogP contribution >= 0.6 is 22.9 Å². The molecule has 2 aromatic heterocycles. The van der Waals surface area contributed by atoms with Crippen LogP contribution in [0.25, 0.3) is 0 Å². The third-order valence-corrected chi connectivity index (χ3v) is 3.76. The van der Waals surface area contributed by atoms with Gasteiger partial charge in [-0.15, -0.1) is 17.9 Å². The van der Waals surface area contributed by atoms with Crippen molar-refractivity contribution in [1.29, 1.82) is 0 Å². The van der Waals surface area contributed by atoms with Crippen LogP contribution in [0.3, 0.4) is 0 Å². The first-order valence-electron chi connectivity index (χ1n) is 5.68. The summed E-state index contributed by atoms with van der Waals surface area (Å²) in [5.74, 6) is -0.110. The monoisotopic (exact) mass is 295 g/mol. The summed E-state index contributed by atoms with van der Waals surface area (Å²) >= 11 is 7.36. The molecule has 4 nitrogen and oxygen atoms in total. The van der Waals surface area contributed by atoms with E-state index in [0.29, 0.717) is 28.8 Å². The van der Waals surface area contributed by atoms with E-state index < -0.39 is 0 Å². The number of hydrogen-bond acceptors (Lipinski definition) is 3. The fourth-order valence-electron chi connectivity index (χ4n) is 1.70. The Morgan fingerprint density at radius 1 is 1.58 bits per heavy atom. The Morgan fingerprint density at radius 3 is 2.89 bits per heavy atom. The van der Waals surface area contributed by atoms with Crippen LogP contribution in [0.15, 0.2) is 37.1 Å². The standard InChI is InChI=1S/C13H14ClN3OS/c1-2-5-17(8-10-3-4-12(14)19-10)13(18)11-6-9(15)7-16-11/h2-4,6-7,16H,1,5,8,15H2. The van der Waals surface area contributed by atoms with Gasteiger partial charge >= 0.3 is 0 Å². The van der Waals surface area contributed by atoms with Crippen LogP contribution in [0, 0.1) is 0 Å². The number of nitrogens with zero attached hydrogens (tertiary/aromatic N) is 1. The number of nitrogens with two attached hydrogens (primary N) is 1. The Hall–Kier alpha value is -1.72. The van der Waals surface area contributed by atoms with Crippen molar-refractivity contribution >= 4 is 34.5 Å². The topological polar surface area (TPSA) is 62.1 Å². The lowest BCUT2D eigenvalue weighted by Gasteiger charge is -2.19. The molecule has 100 valence electrons. The maximum Gasteiger partial charge on any atom is 0.270 e. The number of nitrogen functional groups attached to an aromatic ring is 1. The first kappa shape index (κ1) is 13.7. The molecular weight excluding hydrogens is 282 g/mol. The molecule has 0 saturated carbocycles. The Labute approximate surface area is 120 Å². The Kier molecular flexibility index (Phi) is 4.29. The van der Waals surface area contributed by atoms with E-state index in [1.165, 1.54) is 11.3 Å². The van der Waals surface area contributed by atoms with Crippen molar-refractivity contribution in [1.82, 2.24) is 9.88 Å². The molecule has 0 spiro atoms. The minimum Gasteiger partial charge on any atom is -0.397 e. The Bertz CT molecular complexity index is 590. The van der Waals surface area contributed by atoms with E-state index in [-0.39, 0.29) is 5.91 Å². The van der Waals surface area contributed by atoms with E-state index in [2.05, 4.69) is 11.6 Å². The molecule has 3 N–H and O–H groups in total. The zero-order chi connectivity index (χ0) is 13.8. The van der Waals surface area contributed by atoms with Gasteiger partial charge in [0.15, 0.2) is 0 Å². The van der Waals surface area contributed by atoms with Gasteiger partial charge in [-0.3, -0.25) is 4.79 Å². The normalized spacial score (nSPS) is 10.4. The lowest BCUT2D eigenvalue weighted by molar-refractivity contribution is 0.0759. The summed E-state index contributed by atoms with van der Waals surface area (Å²) in [6.45, 7) is 4.64. The molecular formula is C13H14ClN3OS. The average Bonchev–Trinajstić information content (AvgIpc) is 2.97. The second-order valence-electron chi connectivity index (χ2n) is 4.03. The molecule has 0 unspecified atom stereocenters. The molecule has 19 heavy (non-hydrogen) atoms. The quantitative estimate of drug-likeness (QED) is 0.832. The minimum absolute atomic E-state index is 0.110. The second kappa shape index (κ2) is 5.95. The summed E-state index contributed by atoms with van der Waals surface area (Å²) in [6, 6.07) is 5.37. The average molecular weight is 296 g/mol.